The van der Waals surface area contributed by atoms with E-state index in [0.29, 0.717) is 0 Å². The summed E-state index contributed by atoms with van der Waals surface area (Å²) in [5.74, 6) is 0. The Morgan fingerprint density at radius 3 is 2.08 bits per heavy atom. The number of benzene rings is 1. The Balaban J connectivity index is 2.94. The van der Waals surface area contributed by atoms with Crippen LogP contribution in [0.2, 0.25) is 0 Å². The lowest BCUT2D eigenvalue weighted by atomic mass is 9.87. The van der Waals surface area contributed by atoms with Crippen LogP contribution >= 0.6 is 0 Å². The third-order valence-electron chi connectivity index (χ3n) is 1.98. The zero-order valence-corrected chi connectivity index (χ0v) is 8.28. The monoisotopic (exact) mass is 177 g/mol. The second-order valence-corrected chi connectivity index (χ2v) is 4.12. The highest BCUT2D eigenvalue weighted by Gasteiger charge is 2.12. The van der Waals surface area contributed by atoms with Crippen LogP contribution in [0.4, 0.5) is 0 Å². The first-order valence-corrected chi connectivity index (χ1v) is 4.32. The topological polar surface area (TPSA) is 32.6 Å². The van der Waals surface area contributed by atoms with Gasteiger partial charge in [0.05, 0.1) is 6.21 Å². The van der Waals surface area contributed by atoms with Crippen LogP contribution in [-0.4, -0.2) is 11.4 Å². The molecule has 0 atom stereocenters. The lowest BCUT2D eigenvalue weighted by Crippen LogP contribution is -2.10. The Kier molecular flexibility index (Phi) is 2.71. The molecule has 0 saturated carbocycles. The van der Waals surface area contributed by atoms with Crippen molar-refractivity contribution in [2.24, 2.45) is 5.16 Å². The van der Waals surface area contributed by atoms with Gasteiger partial charge < -0.3 is 5.21 Å². The fraction of sp³-hybridized carbons (Fsp3) is 0.364. The quantitative estimate of drug-likeness (QED) is 0.399. The Hall–Kier alpha value is -1.31. The molecule has 0 spiro atoms. The first-order valence-electron chi connectivity index (χ1n) is 4.32. The first-order chi connectivity index (χ1) is 6.04. The Morgan fingerprint density at radius 1 is 1.15 bits per heavy atom. The van der Waals surface area contributed by atoms with Crippen LogP contribution in [0.1, 0.15) is 31.9 Å². The minimum Gasteiger partial charge on any atom is -0.411 e. The molecule has 0 bridgehead atoms. The number of hydrogen-bond donors (Lipinski definition) is 1. The van der Waals surface area contributed by atoms with Crippen molar-refractivity contribution in [2.45, 2.75) is 26.2 Å². The van der Waals surface area contributed by atoms with Gasteiger partial charge in [-0.15, -0.1) is 0 Å². The molecule has 2 nitrogen and oxygen atoms in total. The van der Waals surface area contributed by atoms with Gasteiger partial charge in [0.1, 0.15) is 0 Å². The van der Waals surface area contributed by atoms with E-state index in [1.54, 1.807) is 0 Å². The average Bonchev–Trinajstić information content (AvgIpc) is 2.04. The maximum Gasteiger partial charge on any atom is 0.0733 e. The standard InChI is InChI=1S/C11H15NO/c1-11(2,3)10-6-4-9(5-7-10)8-12-13/h4-8,13H,1-3H3. The number of nitrogens with zero attached hydrogens (tertiary/aromatic N) is 1. The smallest absolute Gasteiger partial charge is 0.0733 e. The van der Waals surface area contributed by atoms with Crippen molar-refractivity contribution in [1.29, 1.82) is 0 Å². The SMILES string of the molecule is CC(C)(C)c1ccc(C=NO)cc1. The van der Waals surface area contributed by atoms with E-state index in [9.17, 15) is 0 Å². The molecule has 0 heterocycles. The Morgan fingerprint density at radius 2 is 1.69 bits per heavy atom. The van der Waals surface area contributed by atoms with Gasteiger partial charge in [0.2, 0.25) is 0 Å². The third-order valence-corrected chi connectivity index (χ3v) is 1.98. The fourth-order valence-corrected chi connectivity index (χ4v) is 1.14. The Labute approximate surface area is 78.9 Å². The average molecular weight is 177 g/mol. The molecule has 1 rings (SSSR count). The van der Waals surface area contributed by atoms with E-state index in [4.69, 9.17) is 5.21 Å². The van der Waals surface area contributed by atoms with Crippen LogP contribution in [0.15, 0.2) is 29.4 Å². The molecule has 1 N–H and O–H groups in total. The van der Waals surface area contributed by atoms with Crippen molar-refractivity contribution < 1.29 is 5.21 Å². The fourth-order valence-electron chi connectivity index (χ4n) is 1.14. The van der Waals surface area contributed by atoms with Gasteiger partial charge in [-0.25, -0.2) is 0 Å². The van der Waals surface area contributed by atoms with Crippen LogP contribution in [0.5, 0.6) is 0 Å². The molecule has 2 heteroatoms. The number of hydrogen-bond acceptors (Lipinski definition) is 2. The van der Waals surface area contributed by atoms with E-state index in [1.807, 2.05) is 12.1 Å². The molecule has 0 unspecified atom stereocenters. The van der Waals surface area contributed by atoms with E-state index in [0.717, 1.165) is 5.56 Å². The van der Waals surface area contributed by atoms with E-state index in [1.165, 1.54) is 11.8 Å². The molecule has 13 heavy (non-hydrogen) atoms. The highest BCUT2D eigenvalue weighted by atomic mass is 16.4. The predicted molar refractivity (Wildman–Crippen MR) is 54.5 cm³/mol. The molecular formula is C11H15NO. The summed E-state index contributed by atoms with van der Waals surface area (Å²) in [6, 6.07) is 7.99. The second kappa shape index (κ2) is 3.60. The number of oxime groups is 1. The molecule has 70 valence electrons. The highest BCUT2D eigenvalue weighted by Crippen LogP contribution is 2.21. The third kappa shape index (κ3) is 2.58. The molecule has 0 aliphatic carbocycles. The summed E-state index contributed by atoms with van der Waals surface area (Å²) in [5, 5.41) is 11.3. The second-order valence-electron chi connectivity index (χ2n) is 4.12. The summed E-state index contributed by atoms with van der Waals surface area (Å²) >= 11 is 0. The van der Waals surface area contributed by atoms with Gasteiger partial charge in [-0.3, -0.25) is 0 Å². The Bertz CT molecular complexity index is 293. The van der Waals surface area contributed by atoms with E-state index >= 15 is 0 Å². The molecule has 0 aliphatic rings. The summed E-state index contributed by atoms with van der Waals surface area (Å²) in [4.78, 5) is 0. The maximum atomic E-state index is 8.32. The van der Waals surface area contributed by atoms with Crippen molar-refractivity contribution in [1.82, 2.24) is 0 Å². The van der Waals surface area contributed by atoms with Gasteiger partial charge in [-0.05, 0) is 16.5 Å². The normalized spacial score (nSPS) is 12.2. The van der Waals surface area contributed by atoms with Gasteiger partial charge in [-0.2, -0.15) is 0 Å². The van der Waals surface area contributed by atoms with Gasteiger partial charge in [0.25, 0.3) is 0 Å². The van der Waals surface area contributed by atoms with Crippen LogP contribution < -0.4 is 0 Å². The molecule has 0 amide bonds. The first kappa shape index (κ1) is 9.78. The molecule has 0 aromatic heterocycles. The summed E-state index contributed by atoms with van der Waals surface area (Å²) in [6.07, 6.45) is 1.42. The zero-order valence-electron chi connectivity index (χ0n) is 8.28. The van der Waals surface area contributed by atoms with Crippen LogP contribution in [-0.2, 0) is 5.41 Å². The van der Waals surface area contributed by atoms with E-state index < -0.39 is 0 Å². The van der Waals surface area contributed by atoms with Gasteiger partial charge in [-0.1, -0.05) is 50.2 Å². The predicted octanol–water partition coefficient (Wildman–Crippen LogP) is 2.79. The highest BCUT2D eigenvalue weighted by molar-refractivity contribution is 5.79. The van der Waals surface area contributed by atoms with Crippen LogP contribution in [0.25, 0.3) is 0 Å². The molecule has 0 fully saturated rings. The molecule has 0 saturated heterocycles. The molecule has 0 radical (unpaired) electrons. The van der Waals surface area contributed by atoms with Crippen LogP contribution in [0.3, 0.4) is 0 Å². The lowest BCUT2D eigenvalue weighted by Gasteiger charge is -2.18. The van der Waals surface area contributed by atoms with Crippen molar-refractivity contribution in [3.05, 3.63) is 35.4 Å². The van der Waals surface area contributed by atoms with Crippen molar-refractivity contribution in [2.75, 3.05) is 0 Å². The zero-order chi connectivity index (χ0) is 9.90. The van der Waals surface area contributed by atoms with Crippen molar-refractivity contribution >= 4 is 6.21 Å². The minimum absolute atomic E-state index is 0.175. The van der Waals surface area contributed by atoms with Crippen LogP contribution in [0, 0.1) is 0 Å². The summed E-state index contributed by atoms with van der Waals surface area (Å²) in [5.41, 5.74) is 2.37. The van der Waals surface area contributed by atoms with Gasteiger partial charge in [0.15, 0.2) is 0 Å². The summed E-state index contributed by atoms with van der Waals surface area (Å²) < 4.78 is 0. The molecule has 1 aromatic carbocycles. The maximum absolute atomic E-state index is 8.32. The van der Waals surface area contributed by atoms with Gasteiger partial charge >= 0.3 is 0 Å². The molecule has 1 aromatic rings. The molecular weight excluding hydrogens is 162 g/mol. The number of rotatable bonds is 1. The van der Waals surface area contributed by atoms with Gasteiger partial charge in [0, 0.05) is 0 Å². The van der Waals surface area contributed by atoms with Crippen molar-refractivity contribution in [3.8, 4) is 0 Å². The lowest BCUT2D eigenvalue weighted by molar-refractivity contribution is 0.322. The minimum atomic E-state index is 0.175. The van der Waals surface area contributed by atoms with Crippen molar-refractivity contribution in [3.63, 3.8) is 0 Å². The van der Waals surface area contributed by atoms with E-state index in [2.05, 4.69) is 38.1 Å². The largest absolute Gasteiger partial charge is 0.411 e. The summed E-state index contributed by atoms with van der Waals surface area (Å²) in [6.45, 7) is 6.51. The van der Waals surface area contributed by atoms with E-state index in [-0.39, 0.29) is 5.41 Å². The summed E-state index contributed by atoms with van der Waals surface area (Å²) in [7, 11) is 0. The molecule has 0 aliphatic heterocycles.